The van der Waals surface area contributed by atoms with Crippen LogP contribution < -0.4 is 9.46 Å². The van der Waals surface area contributed by atoms with Crippen molar-refractivity contribution in [2.75, 3.05) is 26.2 Å². The number of para-hydroxylation sites is 1. The Morgan fingerprint density at radius 1 is 0.976 bits per heavy atom. The minimum Gasteiger partial charge on any atom is -0.489 e. The van der Waals surface area contributed by atoms with E-state index in [0.717, 1.165) is 34.9 Å². The number of aliphatic carboxylic acids is 1. The van der Waals surface area contributed by atoms with Crippen LogP contribution in [0.4, 0.5) is 0 Å². The van der Waals surface area contributed by atoms with E-state index in [2.05, 4.69) is 26.7 Å². The smallest absolute Gasteiger partial charge is 0.353 e. The van der Waals surface area contributed by atoms with Crippen LogP contribution in [0.3, 0.4) is 0 Å². The molecule has 0 radical (unpaired) electrons. The van der Waals surface area contributed by atoms with E-state index in [-0.39, 0.29) is 10.6 Å². The molecule has 9 nitrogen and oxygen atoms in total. The molecule has 5 rings (SSSR count). The second-order valence-electron chi connectivity index (χ2n) is 9.90. The van der Waals surface area contributed by atoms with Crippen LogP contribution in [0.25, 0.3) is 10.9 Å². The van der Waals surface area contributed by atoms with Gasteiger partial charge in [-0.15, -0.1) is 0 Å². The van der Waals surface area contributed by atoms with Crippen molar-refractivity contribution >= 4 is 26.9 Å². The number of piperazine rings is 1. The van der Waals surface area contributed by atoms with Crippen LogP contribution in [-0.2, 0) is 28.0 Å². The molecule has 0 unspecified atom stereocenters. The summed E-state index contributed by atoms with van der Waals surface area (Å²) in [6.07, 6.45) is 1.06. The average Bonchev–Trinajstić information content (AvgIpc) is 2.97. The number of aromatic nitrogens is 1. The number of hydrogen-bond acceptors (Lipinski definition) is 7. The summed E-state index contributed by atoms with van der Waals surface area (Å²) in [6.45, 7) is 5.31. The predicted molar refractivity (Wildman–Crippen MR) is 157 cm³/mol. The zero-order valence-corrected chi connectivity index (χ0v) is 23.5. The lowest BCUT2D eigenvalue weighted by Gasteiger charge is -2.36. The predicted octanol–water partition coefficient (Wildman–Crippen LogP) is 4.14. The van der Waals surface area contributed by atoms with Gasteiger partial charge in [0.15, 0.2) is 0 Å². The molecule has 0 atom stereocenters. The first-order valence-electron chi connectivity index (χ1n) is 13.3. The van der Waals surface area contributed by atoms with Crippen molar-refractivity contribution in [1.29, 1.82) is 0 Å². The second kappa shape index (κ2) is 12.4. The van der Waals surface area contributed by atoms with Crippen molar-refractivity contribution in [2.24, 2.45) is 0 Å². The van der Waals surface area contributed by atoms with E-state index in [0.29, 0.717) is 38.5 Å². The van der Waals surface area contributed by atoms with Crippen molar-refractivity contribution in [3.8, 4) is 5.75 Å². The Kier molecular flexibility index (Phi) is 8.51. The highest BCUT2D eigenvalue weighted by atomic mass is 32.2. The van der Waals surface area contributed by atoms with Gasteiger partial charge in [-0.25, -0.2) is 13.2 Å². The molecule has 1 fully saturated rings. The highest BCUT2D eigenvalue weighted by Gasteiger charge is 2.24. The number of carbonyl (C=O) groups is 1. The molecule has 2 N–H and O–H groups in total. The van der Waals surface area contributed by atoms with Crippen molar-refractivity contribution in [3.05, 3.63) is 114 Å². The molecule has 212 valence electrons. The molecule has 0 bridgehead atoms. The van der Waals surface area contributed by atoms with Gasteiger partial charge < -0.3 is 14.7 Å². The molecule has 4 aromatic rings. The molecule has 0 spiro atoms. The lowest BCUT2D eigenvalue weighted by molar-refractivity contribution is -0.134. The summed E-state index contributed by atoms with van der Waals surface area (Å²) in [5, 5.41) is 10.8. The number of ether oxygens (including phenoxy) is 1. The van der Waals surface area contributed by atoms with Crippen LogP contribution in [0.2, 0.25) is 0 Å². The van der Waals surface area contributed by atoms with Gasteiger partial charge in [0.1, 0.15) is 18.1 Å². The van der Waals surface area contributed by atoms with Gasteiger partial charge >= 0.3 is 5.97 Å². The number of hydrogen-bond donors (Lipinski definition) is 2. The molecule has 1 aliphatic rings. The third kappa shape index (κ3) is 7.03. The van der Waals surface area contributed by atoms with Crippen LogP contribution in [0.5, 0.6) is 5.75 Å². The molecule has 10 heteroatoms. The Labute approximate surface area is 239 Å². The summed E-state index contributed by atoms with van der Waals surface area (Å²) in [6, 6.07) is 25.9. The standard InChI is InChI=1S/C31H32N4O5S/c1-23-19-25(28-9-5-6-10-29(28)33-23)22-40-26-11-13-27(14-12-26)41(38,39)32-20-30(31(36)37)35-17-15-34(16-18-35)21-24-7-3-2-4-8-24/h2-14,19-20,32H,15-18,21-22H2,1H3,(H,36,37). The average molecular weight is 573 g/mol. The minimum absolute atomic E-state index is 0.00345. The topological polar surface area (TPSA) is 112 Å². The fourth-order valence-electron chi connectivity index (χ4n) is 4.87. The van der Waals surface area contributed by atoms with Crippen molar-refractivity contribution in [3.63, 3.8) is 0 Å². The summed E-state index contributed by atoms with van der Waals surface area (Å²) in [7, 11) is -3.99. The number of nitrogens with one attached hydrogen (secondary N) is 1. The van der Waals surface area contributed by atoms with E-state index < -0.39 is 16.0 Å². The molecule has 1 aromatic heterocycles. The summed E-state index contributed by atoms with van der Waals surface area (Å²) in [5.74, 6) is -0.676. The van der Waals surface area contributed by atoms with Crippen molar-refractivity contribution in [1.82, 2.24) is 19.5 Å². The van der Waals surface area contributed by atoms with Crippen LogP contribution in [0, 0.1) is 6.92 Å². The van der Waals surface area contributed by atoms with Gasteiger partial charge in [-0.3, -0.25) is 14.6 Å². The van der Waals surface area contributed by atoms with Crippen molar-refractivity contribution in [2.45, 2.75) is 25.0 Å². The van der Waals surface area contributed by atoms with E-state index in [4.69, 9.17) is 4.74 Å². The Balaban J connectivity index is 1.20. The van der Waals surface area contributed by atoms with Crippen LogP contribution >= 0.6 is 0 Å². The van der Waals surface area contributed by atoms with Gasteiger partial charge in [0.2, 0.25) is 0 Å². The maximum absolute atomic E-state index is 12.9. The fourth-order valence-corrected chi connectivity index (χ4v) is 5.77. The summed E-state index contributed by atoms with van der Waals surface area (Å²) in [5.41, 5.74) is 3.87. The number of rotatable bonds is 10. The summed E-state index contributed by atoms with van der Waals surface area (Å²) in [4.78, 5) is 20.5. The Hall–Kier alpha value is -4.41. The third-order valence-electron chi connectivity index (χ3n) is 6.99. The number of carboxylic acid groups (broad SMARTS) is 1. The maximum atomic E-state index is 12.9. The van der Waals surface area contributed by atoms with Gasteiger partial charge in [0.05, 0.1) is 10.4 Å². The number of sulfonamides is 1. The first-order valence-corrected chi connectivity index (χ1v) is 14.8. The lowest BCUT2D eigenvalue weighted by Crippen LogP contribution is -2.46. The number of pyridine rings is 1. The largest absolute Gasteiger partial charge is 0.489 e. The second-order valence-corrected chi connectivity index (χ2v) is 11.6. The molecular formula is C31H32N4O5S. The molecule has 3 aromatic carbocycles. The molecule has 0 aliphatic carbocycles. The maximum Gasteiger partial charge on any atom is 0.353 e. The molecule has 0 saturated carbocycles. The monoisotopic (exact) mass is 572 g/mol. The normalized spacial score (nSPS) is 14.7. The molecule has 1 aliphatic heterocycles. The first-order chi connectivity index (χ1) is 19.8. The van der Waals surface area contributed by atoms with Crippen LogP contribution in [0.15, 0.2) is 102 Å². The first kappa shape index (κ1) is 28.1. The number of carboxylic acids is 1. The molecule has 0 amide bonds. The number of nitrogens with zero attached hydrogens (tertiary/aromatic N) is 3. The number of aryl methyl sites for hydroxylation is 1. The molecule has 2 heterocycles. The summed E-state index contributed by atoms with van der Waals surface area (Å²) >= 11 is 0. The van der Waals surface area contributed by atoms with Gasteiger partial charge in [-0.05, 0) is 48.9 Å². The fraction of sp³-hybridized carbons (Fsp3) is 0.226. The zero-order valence-electron chi connectivity index (χ0n) is 22.7. The van der Waals surface area contributed by atoms with E-state index >= 15 is 0 Å². The summed E-state index contributed by atoms with van der Waals surface area (Å²) < 4.78 is 34.2. The molecular weight excluding hydrogens is 540 g/mol. The van der Waals surface area contributed by atoms with Gasteiger partial charge in [-0.2, -0.15) is 0 Å². The minimum atomic E-state index is -3.99. The third-order valence-corrected chi connectivity index (χ3v) is 8.31. The Morgan fingerprint density at radius 3 is 2.37 bits per heavy atom. The van der Waals surface area contributed by atoms with Crippen LogP contribution in [0.1, 0.15) is 16.8 Å². The van der Waals surface area contributed by atoms with E-state index in [9.17, 15) is 18.3 Å². The lowest BCUT2D eigenvalue weighted by atomic mass is 10.1. The van der Waals surface area contributed by atoms with Gasteiger partial charge in [-0.1, -0.05) is 48.5 Å². The quantitative estimate of drug-likeness (QED) is 0.273. The molecule has 41 heavy (non-hydrogen) atoms. The zero-order chi connectivity index (χ0) is 28.8. The van der Waals surface area contributed by atoms with E-state index in [1.165, 1.54) is 17.7 Å². The number of benzene rings is 3. The molecule has 1 saturated heterocycles. The highest BCUT2D eigenvalue weighted by molar-refractivity contribution is 7.89. The van der Waals surface area contributed by atoms with Gasteiger partial charge in [0.25, 0.3) is 10.0 Å². The Bertz CT molecular complexity index is 1650. The van der Waals surface area contributed by atoms with E-state index in [1.807, 2.05) is 55.5 Å². The van der Waals surface area contributed by atoms with Crippen molar-refractivity contribution < 1.29 is 23.1 Å². The Morgan fingerprint density at radius 2 is 1.66 bits per heavy atom. The number of fused-ring (bicyclic) bond motifs is 1. The van der Waals surface area contributed by atoms with E-state index in [1.54, 1.807) is 17.0 Å². The van der Waals surface area contributed by atoms with Crippen LogP contribution in [-0.4, -0.2) is 60.5 Å². The SMILES string of the molecule is Cc1cc(COc2ccc(S(=O)(=O)NC=C(C(=O)O)N3CCN(Cc4ccccc4)CC3)cc2)c2ccccc2n1. The van der Waals surface area contributed by atoms with Gasteiger partial charge in [0, 0.05) is 55.6 Å². The highest BCUT2D eigenvalue weighted by Crippen LogP contribution is 2.22.